The number of amides is 1. The fraction of sp³-hybridized carbons (Fsp3) is 0.400. The molecule has 5 nitrogen and oxygen atoms in total. The summed E-state index contributed by atoms with van der Waals surface area (Å²) in [6, 6.07) is 9.53. The second kappa shape index (κ2) is 6.84. The van der Waals surface area contributed by atoms with Crippen molar-refractivity contribution in [2.45, 2.75) is 39.8 Å². The third-order valence-corrected chi connectivity index (χ3v) is 4.76. The fourth-order valence-electron chi connectivity index (χ4n) is 3.23. The van der Waals surface area contributed by atoms with E-state index in [2.05, 4.69) is 23.2 Å². The minimum Gasteiger partial charge on any atom is -0.370 e. The number of benzene rings is 1. The van der Waals surface area contributed by atoms with Crippen LogP contribution in [-0.4, -0.2) is 35.0 Å². The van der Waals surface area contributed by atoms with E-state index >= 15 is 0 Å². The van der Waals surface area contributed by atoms with Gasteiger partial charge in [0.15, 0.2) is 0 Å². The number of pyridine rings is 1. The molecule has 2 heterocycles. The van der Waals surface area contributed by atoms with Crippen molar-refractivity contribution < 1.29 is 9.53 Å². The summed E-state index contributed by atoms with van der Waals surface area (Å²) < 4.78 is 6.00. The largest absolute Gasteiger partial charge is 0.370 e. The smallest absolute Gasteiger partial charge is 0.260 e. The van der Waals surface area contributed by atoms with E-state index in [0.29, 0.717) is 13.2 Å². The lowest BCUT2D eigenvalue weighted by Gasteiger charge is -2.38. The molecule has 2 atom stereocenters. The fourth-order valence-corrected chi connectivity index (χ4v) is 3.23. The van der Waals surface area contributed by atoms with Crippen molar-refractivity contribution in [3.63, 3.8) is 0 Å². The Labute approximate surface area is 147 Å². The first-order valence-corrected chi connectivity index (χ1v) is 8.56. The van der Waals surface area contributed by atoms with E-state index < -0.39 is 0 Å². The molecule has 0 saturated carbocycles. The molecule has 2 aromatic rings. The summed E-state index contributed by atoms with van der Waals surface area (Å²) in [5.41, 5.74) is 3.99. The second-order valence-electron chi connectivity index (χ2n) is 6.87. The number of aromatic amines is 1. The third kappa shape index (κ3) is 3.51. The average molecular weight is 340 g/mol. The first-order valence-electron chi connectivity index (χ1n) is 8.56. The van der Waals surface area contributed by atoms with Crippen molar-refractivity contribution in [3.8, 4) is 0 Å². The Morgan fingerprint density at radius 1 is 1.20 bits per heavy atom. The van der Waals surface area contributed by atoms with Crippen LogP contribution in [0.2, 0.25) is 0 Å². The van der Waals surface area contributed by atoms with Crippen LogP contribution in [0.15, 0.2) is 35.1 Å². The molecular weight excluding hydrogens is 316 g/mol. The van der Waals surface area contributed by atoms with E-state index in [-0.39, 0.29) is 29.2 Å². The van der Waals surface area contributed by atoms with Crippen LogP contribution >= 0.6 is 0 Å². The summed E-state index contributed by atoms with van der Waals surface area (Å²) in [7, 11) is 0. The van der Waals surface area contributed by atoms with Gasteiger partial charge in [-0.3, -0.25) is 9.59 Å². The van der Waals surface area contributed by atoms with Crippen LogP contribution in [0.4, 0.5) is 0 Å². The first kappa shape index (κ1) is 17.4. The van der Waals surface area contributed by atoms with E-state index in [1.165, 1.54) is 0 Å². The zero-order valence-electron chi connectivity index (χ0n) is 15.1. The number of aromatic nitrogens is 1. The van der Waals surface area contributed by atoms with Gasteiger partial charge in [-0.15, -0.1) is 0 Å². The number of H-pyrrole nitrogens is 1. The number of rotatable bonds is 2. The highest BCUT2D eigenvalue weighted by atomic mass is 16.5. The summed E-state index contributed by atoms with van der Waals surface area (Å²) in [4.78, 5) is 29.5. The number of hydrogen-bond donors (Lipinski definition) is 1. The molecule has 0 bridgehead atoms. The Morgan fingerprint density at radius 2 is 1.96 bits per heavy atom. The minimum absolute atomic E-state index is 0.0745. The van der Waals surface area contributed by atoms with Gasteiger partial charge in [-0.05, 0) is 51.0 Å². The number of nitrogens with zero attached hydrogens (tertiary/aromatic N) is 1. The molecule has 0 spiro atoms. The van der Waals surface area contributed by atoms with Gasteiger partial charge in [-0.25, -0.2) is 0 Å². The van der Waals surface area contributed by atoms with Crippen LogP contribution in [0, 0.1) is 20.8 Å². The van der Waals surface area contributed by atoms with Gasteiger partial charge in [0.25, 0.3) is 11.5 Å². The van der Waals surface area contributed by atoms with Gasteiger partial charge >= 0.3 is 0 Å². The number of hydrogen-bond acceptors (Lipinski definition) is 3. The lowest BCUT2D eigenvalue weighted by atomic mass is 9.98. The van der Waals surface area contributed by atoms with Gasteiger partial charge in [0.05, 0.1) is 19.2 Å². The minimum atomic E-state index is -0.341. The van der Waals surface area contributed by atoms with Gasteiger partial charge in [-0.2, -0.15) is 0 Å². The Morgan fingerprint density at radius 3 is 2.68 bits per heavy atom. The van der Waals surface area contributed by atoms with Crippen molar-refractivity contribution in [2.24, 2.45) is 0 Å². The maximum absolute atomic E-state index is 12.9. The molecule has 1 fully saturated rings. The number of carbonyl (C=O) groups excluding carboxylic acids is 1. The second-order valence-corrected chi connectivity index (χ2v) is 6.87. The average Bonchev–Trinajstić information content (AvgIpc) is 2.57. The van der Waals surface area contributed by atoms with Crippen LogP contribution in [0.25, 0.3) is 0 Å². The van der Waals surface area contributed by atoms with Crippen molar-refractivity contribution in [1.82, 2.24) is 9.88 Å². The molecule has 1 N–H and O–H groups in total. The highest BCUT2D eigenvalue weighted by Gasteiger charge is 2.32. The number of carbonyl (C=O) groups is 1. The molecule has 25 heavy (non-hydrogen) atoms. The van der Waals surface area contributed by atoms with Crippen LogP contribution < -0.4 is 5.56 Å². The Bertz CT molecular complexity index is 856. The quantitative estimate of drug-likeness (QED) is 0.914. The molecule has 1 aromatic carbocycles. The molecule has 1 amide bonds. The molecule has 132 valence electrons. The maximum atomic E-state index is 12.9. The molecule has 2 unspecified atom stereocenters. The number of nitrogens with one attached hydrogen (secondary N) is 1. The highest BCUT2D eigenvalue weighted by molar-refractivity contribution is 5.94. The summed E-state index contributed by atoms with van der Waals surface area (Å²) in [5.74, 6) is -0.243. The van der Waals surface area contributed by atoms with E-state index in [1.807, 2.05) is 20.8 Å². The molecule has 1 aromatic heterocycles. The molecular formula is C20H24N2O3. The van der Waals surface area contributed by atoms with Crippen molar-refractivity contribution >= 4 is 5.91 Å². The molecule has 0 radical (unpaired) electrons. The first-order chi connectivity index (χ1) is 11.9. The lowest BCUT2D eigenvalue weighted by Crippen LogP contribution is -2.49. The predicted molar refractivity (Wildman–Crippen MR) is 96.9 cm³/mol. The zero-order valence-corrected chi connectivity index (χ0v) is 15.1. The molecule has 1 aliphatic heterocycles. The summed E-state index contributed by atoms with van der Waals surface area (Å²) in [5, 5.41) is 0. The molecule has 5 heteroatoms. The van der Waals surface area contributed by atoms with Crippen molar-refractivity contribution in [2.75, 3.05) is 13.2 Å². The molecule has 3 rings (SSSR count). The molecule has 1 saturated heterocycles. The number of ether oxygens (including phenoxy) is 1. The SMILES string of the molecule is Cc1ccc(C)c(C2CN(C(=O)c3ccc(C)[nH]c3=O)C(C)CO2)c1. The van der Waals surface area contributed by atoms with Crippen molar-refractivity contribution in [3.05, 3.63) is 68.6 Å². The van der Waals surface area contributed by atoms with Gasteiger partial charge in [0.2, 0.25) is 0 Å². The number of aryl methyl sites for hydroxylation is 3. The van der Waals surface area contributed by atoms with Gasteiger partial charge in [0, 0.05) is 5.69 Å². The van der Waals surface area contributed by atoms with Crippen LogP contribution in [0.1, 0.15) is 45.8 Å². The normalized spacial score (nSPS) is 20.6. The number of morpholine rings is 1. The Hall–Kier alpha value is -2.40. The maximum Gasteiger partial charge on any atom is 0.260 e. The topological polar surface area (TPSA) is 62.4 Å². The van der Waals surface area contributed by atoms with E-state index in [4.69, 9.17) is 4.74 Å². The monoisotopic (exact) mass is 340 g/mol. The molecule has 0 aliphatic carbocycles. The lowest BCUT2D eigenvalue weighted by molar-refractivity contribution is -0.0489. The van der Waals surface area contributed by atoms with Gasteiger partial charge in [-0.1, -0.05) is 23.8 Å². The van der Waals surface area contributed by atoms with Crippen LogP contribution in [0.3, 0.4) is 0 Å². The van der Waals surface area contributed by atoms with E-state index in [9.17, 15) is 9.59 Å². The highest BCUT2D eigenvalue weighted by Crippen LogP contribution is 2.28. The van der Waals surface area contributed by atoms with Crippen LogP contribution in [-0.2, 0) is 4.74 Å². The summed E-state index contributed by atoms with van der Waals surface area (Å²) >= 11 is 0. The third-order valence-electron chi connectivity index (χ3n) is 4.76. The summed E-state index contributed by atoms with van der Waals surface area (Å²) in [6.07, 6.45) is -0.176. The van der Waals surface area contributed by atoms with Crippen LogP contribution in [0.5, 0.6) is 0 Å². The van der Waals surface area contributed by atoms with E-state index in [1.54, 1.807) is 24.0 Å². The zero-order chi connectivity index (χ0) is 18.1. The van der Waals surface area contributed by atoms with E-state index in [0.717, 1.165) is 22.4 Å². The van der Waals surface area contributed by atoms with Gasteiger partial charge < -0.3 is 14.6 Å². The molecule has 1 aliphatic rings. The van der Waals surface area contributed by atoms with Crippen molar-refractivity contribution in [1.29, 1.82) is 0 Å². The standard InChI is InChI=1S/C20H24N2O3/c1-12-5-6-13(2)17(9-12)18-10-22(15(4)11-25-18)20(24)16-8-7-14(3)21-19(16)23/h5-9,15,18H,10-11H2,1-4H3,(H,21,23). The van der Waals surface area contributed by atoms with Gasteiger partial charge in [0.1, 0.15) is 11.7 Å². The Kier molecular flexibility index (Phi) is 4.77. The summed E-state index contributed by atoms with van der Waals surface area (Å²) in [6.45, 7) is 8.73. The Balaban J connectivity index is 1.89. The predicted octanol–water partition coefficient (Wildman–Crippen LogP) is 2.90.